The number of aliphatic hydroxyl groups is 1. The fraction of sp³-hybridized carbons (Fsp3) is 0.842. The molecule has 0 aromatic heterocycles. The van der Waals surface area contributed by atoms with Gasteiger partial charge in [-0.25, -0.2) is 0 Å². The normalized spacial score (nSPS) is 54.3. The fourth-order valence-corrected chi connectivity index (χ4v) is 6.98. The van der Waals surface area contributed by atoms with Gasteiger partial charge in [-0.1, -0.05) is 19.4 Å². The third-order valence-electron chi connectivity index (χ3n) is 7.90. The smallest absolute Gasteiger partial charge is 0.155 e. The number of rotatable bonds is 0. The molecule has 0 aromatic rings. The standard InChI is InChI=1S/C19H27ClO2/c1-18-7-5-12(21)9-11(18)3-4-13-14(18)6-8-19(2)15(13)10-16(20)17(19)22/h9,13-17,22H,3-8,10H2,1-2H3/t13-,14+,15+,16-,17-,18+,19+/m1/s1. The first-order chi connectivity index (χ1) is 10.4. The van der Waals surface area contributed by atoms with E-state index in [-0.39, 0.29) is 22.3 Å². The highest BCUT2D eigenvalue weighted by molar-refractivity contribution is 6.21. The summed E-state index contributed by atoms with van der Waals surface area (Å²) in [6.07, 6.45) is 8.82. The van der Waals surface area contributed by atoms with Gasteiger partial charge in [-0.2, -0.15) is 0 Å². The molecule has 4 aliphatic carbocycles. The van der Waals surface area contributed by atoms with Gasteiger partial charge < -0.3 is 5.11 Å². The molecule has 0 aromatic carbocycles. The van der Waals surface area contributed by atoms with E-state index in [0.717, 1.165) is 25.7 Å². The number of aliphatic hydroxyl groups excluding tert-OH is 1. The number of halogens is 1. The van der Waals surface area contributed by atoms with Crippen molar-refractivity contribution in [1.29, 1.82) is 0 Å². The van der Waals surface area contributed by atoms with Crippen molar-refractivity contribution in [3.05, 3.63) is 11.6 Å². The molecule has 3 saturated carbocycles. The summed E-state index contributed by atoms with van der Waals surface area (Å²) >= 11 is 6.44. The molecule has 0 spiro atoms. The first kappa shape index (κ1) is 15.2. The molecule has 22 heavy (non-hydrogen) atoms. The van der Waals surface area contributed by atoms with E-state index >= 15 is 0 Å². The van der Waals surface area contributed by atoms with E-state index in [4.69, 9.17) is 11.6 Å². The van der Waals surface area contributed by atoms with E-state index < -0.39 is 0 Å². The molecule has 7 atom stereocenters. The van der Waals surface area contributed by atoms with Crippen LogP contribution in [0.15, 0.2) is 11.6 Å². The van der Waals surface area contributed by atoms with Crippen LogP contribution in [0.2, 0.25) is 0 Å². The highest BCUT2D eigenvalue weighted by Gasteiger charge is 2.60. The largest absolute Gasteiger partial charge is 0.391 e. The van der Waals surface area contributed by atoms with Crippen molar-refractivity contribution in [3.63, 3.8) is 0 Å². The van der Waals surface area contributed by atoms with Crippen molar-refractivity contribution < 1.29 is 9.90 Å². The van der Waals surface area contributed by atoms with Crippen LogP contribution in [0, 0.1) is 28.6 Å². The topological polar surface area (TPSA) is 37.3 Å². The number of hydrogen-bond acceptors (Lipinski definition) is 2. The Morgan fingerprint density at radius 2 is 1.95 bits per heavy atom. The van der Waals surface area contributed by atoms with Gasteiger partial charge in [-0.3, -0.25) is 4.79 Å². The van der Waals surface area contributed by atoms with Crippen molar-refractivity contribution in [2.45, 2.75) is 70.3 Å². The SMILES string of the molecule is C[C@]12CC[C@H]3[C@@H](CCC4=CC(=O)CC[C@@]43C)[C@@H]1C[C@@H](Cl)[C@H]2O. The quantitative estimate of drug-likeness (QED) is 0.682. The Labute approximate surface area is 138 Å². The molecule has 0 bridgehead atoms. The summed E-state index contributed by atoms with van der Waals surface area (Å²) in [6, 6.07) is 0. The number of allylic oxidation sites excluding steroid dienone is 1. The lowest BCUT2D eigenvalue weighted by Gasteiger charge is -2.57. The van der Waals surface area contributed by atoms with Crippen molar-refractivity contribution in [2.24, 2.45) is 28.6 Å². The van der Waals surface area contributed by atoms with E-state index in [0.29, 0.717) is 30.0 Å². The molecule has 4 rings (SSSR count). The number of carbonyl (C=O) groups is 1. The zero-order chi connectivity index (χ0) is 15.7. The lowest BCUT2D eigenvalue weighted by atomic mass is 9.47. The van der Waals surface area contributed by atoms with Crippen LogP contribution >= 0.6 is 11.6 Å². The maximum atomic E-state index is 11.8. The number of ketones is 1. The molecule has 0 heterocycles. The predicted octanol–water partition coefficient (Wildman–Crippen LogP) is 4.10. The van der Waals surface area contributed by atoms with Crippen LogP contribution in [0.25, 0.3) is 0 Å². The van der Waals surface area contributed by atoms with Crippen LogP contribution in [0.4, 0.5) is 0 Å². The van der Waals surface area contributed by atoms with Crippen LogP contribution < -0.4 is 0 Å². The lowest BCUT2D eigenvalue weighted by molar-refractivity contribution is -0.118. The van der Waals surface area contributed by atoms with E-state index in [1.165, 1.54) is 18.4 Å². The number of alkyl halides is 1. The summed E-state index contributed by atoms with van der Waals surface area (Å²) in [5, 5.41) is 10.5. The summed E-state index contributed by atoms with van der Waals surface area (Å²) in [5.74, 6) is 2.23. The average molecular weight is 323 g/mol. The molecular weight excluding hydrogens is 296 g/mol. The Kier molecular flexibility index (Phi) is 3.34. The van der Waals surface area contributed by atoms with Crippen LogP contribution in [0.1, 0.15) is 58.8 Å². The molecule has 0 saturated heterocycles. The highest BCUT2D eigenvalue weighted by Crippen LogP contribution is 2.65. The first-order valence-corrected chi connectivity index (χ1v) is 9.36. The van der Waals surface area contributed by atoms with Gasteiger partial charge in [-0.05, 0) is 73.2 Å². The Bertz CT molecular complexity index is 542. The third-order valence-corrected chi connectivity index (χ3v) is 8.31. The van der Waals surface area contributed by atoms with E-state index in [9.17, 15) is 9.90 Å². The Hall–Kier alpha value is -0.340. The number of carbonyl (C=O) groups excluding carboxylic acids is 1. The second kappa shape index (κ2) is 4.83. The molecule has 3 fully saturated rings. The fourth-order valence-electron chi connectivity index (χ4n) is 6.50. The molecule has 1 N–H and O–H groups in total. The van der Waals surface area contributed by atoms with Crippen molar-refractivity contribution >= 4 is 17.4 Å². The third kappa shape index (κ3) is 1.86. The Morgan fingerprint density at radius 3 is 2.73 bits per heavy atom. The van der Waals surface area contributed by atoms with Gasteiger partial charge >= 0.3 is 0 Å². The van der Waals surface area contributed by atoms with Gasteiger partial charge in [0.1, 0.15) is 0 Å². The van der Waals surface area contributed by atoms with Crippen LogP contribution in [0.3, 0.4) is 0 Å². The Morgan fingerprint density at radius 1 is 1.18 bits per heavy atom. The van der Waals surface area contributed by atoms with Crippen molar-refractivity contribution in [1.82, 2.24) is 0 Å². The van der Waals surface area contributed by atoms with E-state index in [1.54, 1.807) is 0 Å². The zero-order valence-electron chi connectivity index (χ0n) is 13.6. The average Bonchev–Trinajstić information content (AvgIpc) is 2.72. The molecular formula is C19H27ClO2. The highest BCUT2D eigenvalue weighted by atomic mass is 35.5. The maximum Gasteiger partial charge on any atom is 0.155 e. The van der Waals surface area contributed by atoms with Crippen molar-refractivity contribution in [3.8, 4) is 0 Å². The summed E-state index contributed by atoms with van der Waals surface area (Å²) in [5.41, 5.74) is 1.64. The van der Waals surface area contributed by atoms with Gasteiger partial charge in [-0.15, -0.1) is 11.6 Å². The first-order valence-electron chi connectivity index (χ1n) is 8.92. The van der Waals surface area contributed by atoms with Crippen LogP contribution in [-0.4, -0.2) is 22.4 Å². The Balaban J connectivity index is 1.69. The minimum absolute atomic E-state index is 0.00957. The molecule has 2 nitrogen and oxygen atoms in total. The summed E-state index contributed by atoms with van der Waals surface area (Å²) in [4.78, 5) is 11.8. The molecule has 0 aliphatic heterocycles. The van der Waals surface area contributed by atoms with Gasteiger partial charge in [0.05, 0.1) is 11.5 Å². The summed E-state index contributed by atoms with van der Waals surface area (Å²) < 4.78 is 0. The van der Waals surface area contributed by atoms with Gasteiger partial charge in [0.2, 0.25) is 0 Å². The minimum Gasteiger partial charge on any atom is -0.391 e. The molecule has 4 aliphatic rings. The van der Waals surface area contributed by atoms with E-state index in [1.807, 2.05) is 6.08 Å². The predicted molar refractivity (Wildman–Crippen MR) is 87.7 cm³/mol. The lowest BCUT2D eigenvalue weighted by Crippen LogP contribution is -2.51. The number of hydrogen-bond donors (Lipinski definition) is 1. The molecule has 0 unspecified atom stereocenters. The second-order valence-electron chi connectivity index (χ2n) is 8.71. The molecule has 0 amide bonds. The maximum absolute atomic E-state index is 11.8. The molecule has 3 heteroatoms. The number of fused-ring (bicyclic) bond motifs is 5. The van der Waals surface area contributed by atoms with Gasteiger partial charge in [0, 0.05) is 6.42 Å². The molecule has 0 radical (unpaired) electrons. The zero-order valence-corrected chi connectivity index (χ0v) is 14.4. The minimum atomic E-state index is -0.349. The van der Waals surface area contributed by atoms with Crippen LogP contribution in [0.5, 0.6) is 0 Å². The summed E-state index contributed by atoms with van der Waals surface area (Å²) in [6.45, 7) is 4.66. The van der Waals surface area contributed by atoms with Gasteiger partial charge in [0.25, 0.3) is 0 Å². The summed E-state index contributed by atoms with van der Waals surface area (Å²) in [7, 11) is 0. The van der Waals surface area contributed by atoms with Gasteiger partial charge in [0.15, 0.2) is 5.78 Å². The monoisotopic (exact) mass is 322 g/mol. The van der Waals surface area contributed by atoms with E-state index in [2.05, 4.69) is 13.8 Å². The van der Waals surface area contributed by atoms with Crippen LogP contribution in [-0.2, 0) is 4.79 Å². The second-order valence-corrected chi connectivity index (χ2v) is 9.27. The molecule has 122 valence electrons. The van der Waals surface area contributed by atoms with Crippen molar-refractivity contribution in [2.75, 3.05) is 0 Å².